The second-order valence-corrected chi connectivity index (χ2v) is 5.66. The third kappa shape index (κ3) is 2.39. The van der Waals surface area contributed by atoms with Crippen molar-refractivity contribution in [1.29, 1.82) is 0 Å². The van der Waals surface area contributed by atoms with Crippen molar-refractivity contribution in [1.82, 2.24) is 0 Å². The molecule has 0 saturated carbocycles. The molecule has 0 aliphatic rings. The Labute approximate surface area is 134 Å². The van der Waals surface area contributed by atoms with Crippen LogP contribution in [0.25, 0.3) is 21.9 Å². The van der Waals surface area contributed by atoms with Gasteiger partial charge in [-0.25, -0.2) is 4.79 Å². The SMILES string of the molecule is Cc1c(CO)c(-c2ccccc2C(=O)O)c(C)c2ccccc12. The van der Waals surface area contributed by atoms with E-state index in [1.807, 2.05) is 44.2 Å². The summed E-state index contributed by atoms with van der Waals surface area (Å²) in [5, 5.41) is 21.6. The highest BCUT2D eigenvalue weighted by Crippen LogP contribution is 2.38. The molecule has 3 heteroatoms. The fourth-order valence-corrected chi connectivity index (χ4v) is 3.30. The van der Waals surface area contributed by atoms with Gasteiger partial charge in [0.05, 0.1) is 12.2 Å². The van der Waals surface area contributed by atoms with Crippen molar-refractivity contribution in [2.24, 2.45) is 0 Å². The minimum absolute atomic E-state index is 0.124. The molecule has 2 N–H and O–H groups in total. The maximum atomic E-state index is 11.6. The molecule has 0 aliphatic carbocycles. The lowest BCUT2D eigenvalue weighted by molar-refractivity contribution is 0.0697. The maximum Gasteiger partial charge on any atom is 0.336 e. The zero-order valence-corrected chi connectivity index (χ0v) is 13.1. The molecule has 0 amide bonds. The largest absolute Gasteiger partial charge is 0.478 e. The first-order valence-corrected chi connectivity index (χ1v) is 7.50. The van der Waals surface area contributed by atoms with Crippen LogP contribution in [-0.4, -0.2) is 16.2 Å². The van der Waals surface area contributed by atoms with Gasteiger partial charge >= 0.3 is 5.97 Å². The number of rotatable bonds is 3. The molecule has 0 aromatic heterocycles. The summed E-state index contributed by atoms with van der Waals surface area (Å²) in [5.74, 6) is -0.963. The van der Waals surface area contributed by atoms with Crippen molar-refractivity contribution in [3.05, 3.63) is 70.8 Å². The van der Waals surface area contributed by atoms with Gasteiger partial charge in [0.15, 0.2) is 0 Å². The van der Waals surface area contributed by atoms with Crippen LogP contribution in [0.5, 0.6) is 0 Å². The molecule has 116 valence electrons. The number of fused-ring (bicyclic) bond motifs is 1. The molecule has 0 atom stereocenters. The molecule has 0 saturated heterocycles. The molecule has 0 aliphatic heterocycles. The number of hydrogen-bond acceptors (Lipinski definition) is 2. The van der Waals surface area contributed by atoms with Gasteiger partial charge in [-0.1, -0.05) is 42.5 Å². The van der Waals surface area contributed by atoms with Gasteiger partial charge in [0, 0.05) is 0 Å². The molecule has 0 unspecified atom stereocenters. The highest BCUT2D eigenvalue weighted by molar-refractivity contribution is 6.01. The lowest BCUT2D eigenvalue weighted by Crippen LogP contribution is -2.04. The van der Waals surface area contributed by atoms with Gasteiger partial charge in [-0.3, -0.25) is 0 Å². The van der Waals surface area contributed by atoms with Crippen molar-refractivity contribution in [3.8, 4) is 11.1 Å². The van der Waals surface area contributed by atoms with E-state index in [9.17, 15) is 15.0 Å². The normalized spacial score (nSPS) is 10.9. The Morgan fingerprint density at radius 2 is 1.48 bits per heavy atom. The minimum Gasteiger partial charge on any atom is -0.478 e. The third-order valence-electron chi connectivity index (χ3n) is 4.45. The minimum atomic E-state index is -0.963. The summed E-state index contributed by atoms with van der Waals surface area (Å²) >= 11 is 0. The standard InChI is InChI=1S/C20H18O3/c1-12-14-7-3-4-8-15(14)13(2)19(18(12)11-21)16-9-5-6-10-17(16)20(22)23/h3-10,21H,11H2,1-2H3,(H,22,23). The van der Waals surface area contributed by atoms with Crippen LogP contribution in [0.4, 0.5) is 0 Å². The van der Waals surface area contributed by atoms with Crippen molar-refractivity contribution in [2.45, 2.75) is 20.5 Å². The Morgan fingerprint density at radius 1 is 0.913 bits per heavy atom. The fourth-order valence-electron chi connectivity index (χ4n) is 3.30. The number of aromatic carboxylic acids is 1. The highest BCUT2D eigenvalue weighted by atomic mass is 16.4. The summed E-state index contributed by atoms with van der Waals surface area (Å²) in [6.45, 7) is 3.83. The monoisotopic (exact) mass is 306 g/mol. The first-order chi connectivity index (χ1) is 11.1. The molecule has 3 nitrogen and oxygen atoms in total. The fraction of sp³-hybridized carbons (Fsp3) is 0.150. The van der Waals surface area contributed by atoms with Crippen LogP contribution in [0.2, 0.25) is 0 Å². The van der Waals surface area contributed by atoms with E-state index in [1.54, 1.807) is 18.2 Å². The van der Waals surface area contributed by atoms with Crippen LogP contribution in [0.15, 0.2) is 48.5 Å². The Bertz CT molecular complexity index is 910. The Kier molecular flexibility index (Phi) is 3.89. The molecule has 0 heterocycles. The van der Waals surface area contributed by atoms with E-state index < -0.39 is 5.97 Å². The summed E-state index contributed by atoms with van der Waals surface area (Å²) in [7, 11) is 0. The van der Waals surface area contributed by atoms with Crippen LogP contribution >= 0.6 is 0 Å². The van der Waals surface area contributed by atoms with Crippen LogP contribution in [0, 0.1) is 13.8 Å². The van der Waals surface area contributed by atoms with Gasteiger partial charge < -0.3 is 10.2 Å². The van der Waals surface area contributed by atoms with E-state index in [4.69, 9.17) is 0 Å². The number of hydrogen-bond donors (Lipinski definition) is 2. The average Bonchev–Trinajstić information content (AvgIpc) is 2.57. The van der Waals surface area contributed by atoms with Crippen LogP contribution in [0.3, 0.4) is 0 Å². The van der Waals surface area contributed by atoms with Crippen LogP contribution in [0.1, 0.15) is 27.0 Å². The maximum absolute atomic E-state index is 11.6. The predicted octanol–water partition coefficient (Wildman–Crippen LogP) is 4.31. The number of aliphatic hydroxyl groups is 1. The first kappa shape index (κ1) is 15.3. The molecule has 3 aromatic carbocycles. The summed E-state index contributed by atoms with van der Waals surface area (Å²) in [5.41, 5.74) is 4.49. The molecular formula is C20H18O3. The van der Waals surface area contributed by atoms with E-state index in [2.05, 4.69) is 0 Å². The van der Waals surface area contributed by atoms with Crippen molar-refractivity contribution in [3.63, 3.8) is 0 Å². The van der Waals surface area contributed by atoms with Gasteiger partial charge in [0.25, 0.3) is 0 Å². The van der Waals surface area contributed by atoms with Crippen molar-refractivity contribution in [2.75, 3.05) is 0 Å². The number of carbonyl (C=O) groups is 1. The number of carboxylic acid groups (broad SMARTS) is 1. The van der Waals surface area contributed by atoms with E-state index >= 15 is 0 Å². The Balaban J connectivity index is 2.47. The molecule has 0 spiro atoms. The molecule has 3 aromatic rings. The molecule has 0 bridgehead atoms. The second-order valence-electron chi connectivity index (χ2n) is 5.66. The topological polar surface area (TPSA) is 57.5 Å². The highest BCUT2D eigenvalue weighted by Gasteiger charge is 2.19. The van der Waals surface area contributed by atoms with Gasteiger partial charge in [0.1, 0.15) is 0 Å². The van der Waals surface area contributed by atoms with Crippen LogP contribution in [-0.2, 0) is 6.61 Å². The van der Waals surface area contributed by atoms with Crippen molar-refractivity contribution >= 4 is 16.7 Å². The van der Waals surface area contributed by atoms with E-state index in [1.165, 1.54) is 0 Å². The van der Waals surface area contributed by atoms with Gasteiger partial charge in [-0.05, 0) is 58.5 Å². The third-order valence-corrected chi connectivity index (χ3v) is 4.45. The smallest absolute Gasteiger partial charge is 0.336 e. The lowest BCUT2D eigenvalue weighted by Gasteiger charge is -2.19. The van der Waals surface area contributed by atoms with Gasteiger partial charge in [0.2, 0.25) is 0 Å². The van der Waals surface area contributed by atoms with E-state index in [-0.39, 0.29) is 12.2 Å². The first-order valence-electron chi connectivity index (χ1n) is 7.50. The number of benzene rings is 3. The summed E-state index contributed by atoms with van der Waals surface area (Å²) < 4.78 is 0. The zero-order valence-electron chi connectivity index (χ0n) is 13.1. The lowest BCUT2D eigenvalue weighted by atomic mass is 9.85. The van der Waals surface area contributed by atoms with E-state index in [0.717, 1.165) is 33.0 Å². The quantitative estimate of drug-likeness (QED) is 0.758. The van der Waals surface area contributed by atoms with E-state index in [0.29, 0.717) is 5.56 Å². The Morgan fingerprint density at radius 3 is 2.09 bits per heavy atom. The summed E-state index contributed by atoms with van der Waals surface area (Å²) in [6, 6.07) is 15.0. The van der Waals surface area contributed by atoms with Crippen LogP contribution < -0.4 is 0 Å². The molecular weight excluding hydrogens is 288 g/mol. The number of aryl methyl sites for hydroxylation is 2. The molecule has 0 radical (unpaired) electrons. The number of aliphatic hydroxyl groups excluding tert-OH is 1. The summed E-state index contributed by atoms with van der Waals surface area (Å²) in [4.78, 5) is 11.6. The van der Waals surface area contributed by atoms with Gasteiger partial charge in [-0.2, -0.15) is 0 Å². The molecule has 23 heavy (non-hydrogen) atoms. The second kappa shape index (κ2) is 5.86. The van der Waals surface area contributed by atoms with Crippen molar-refractivity contribution < 1.29 is 15.0 Å². The average molecular weight is 306 g/mol. The summed E-state index contributed by atoms with van der Waals surface area (Å²) in [6.07, 6.45) is 0. The molecule has 0 fully saturated rings. The predicted molar refractivity (Wildman–Crippen MR) is 91.7 cm³/mol. The van der Waals surface area contributed by atoms with Gasteiger partial charge in [-0.15, -0.1) is 0 Å². The number of carboxylic acids is 1. The Hall–Kier alpha value is -2.65. The zero-order chi connectivity index (χ0) is 16.6. The molecule has 3 rings (SSSR count).